The number of fused-ring (bicyclic) bond motifs is 2. The zero-order valence-corrected chi connectivity index (χ0v) is 16.9. The molecule has 0 saturated carbocycles. The summed E-state index contributed by atoms with van der Waals surface area (Å²) >= 11 is 0. The monoisotopic (exact) mass is 400 g/mol. The van der Waals surface area contributed by atoms with E-state index in [1.165, 1.54) is 5.56 Å². The highest BCUT2D eigenvalue weighted by atomic mass is 16.3. The van der Waals surface area contributed by atoms with Crippen LogP contribution in [0.25, 0.3) is 21.9 Å². The molecule has 0 radical (unpaired) electrons. The van der Waals surface area contributed by atoms with Crippen LogP contribution in [0.3, 0.4) is 0 Å². The molecule has 6 nitrogen and oxygen atoms in total. The SMILES string of the molecule is C[C@@H](NCCCCc1c[nH]c2ccc(C#N)cc12)C(=O)Nc1ccc2occc2c1. The molecule has 2 aromatic heterocycles. The zero-order valence-electron chi connectivity index (χ0n) is 16.9. The van der Waals surface area contributed by atoms with Gasteiger partial charge in [-0.15, -0.1) is 0 Å². The molecule has 0 saturated heterocycles. The molecule has 2 heterocycles. The molecule has 0 aliphatic rings. The summed E-state index contributed by atoms with van der Waals surface area (Å²) in [5.41, 5.74) is 4.53. The van der Waals surface area contributed by atoms with Gasteiger partial charge in [0.15, 0.2) is 0 Å². The molecule has 1 amide bonds. The van der Waals surface area contributed by atoms with Gasteiger partial charge in [0.25, 0.3) is 0 Å². The number of aromatic amines is 1. The van der Waals surface area contributed by atoms with Crippen LogP contribution in [-0.4, -0.2) is 23.5 Å². The highest BCUT2D eigenvalue weighted by molar-refractivity contribution is 5.96. The van der Waals surface area contributed by atoms with Crippen molar-refractivity contribution >= 4 is 33.5 Å². The molecule has 4 aromatic rings. The second kappa shape index (κ2) is 8.85. The number of H-pyrrole nitrogens is 1. The zero-order chi connectivity index (χ0) is 20.9. The van der Waals surface area contributed by atoms with Gasteiger partial charge in [0.05, 0.1) is 23.9 Å². The summed E-state index contributed by atoms with van der Waals surface area (Å²) < 4.78 is 5.32. The highest BCUT2D eigenvalue weighted by Crippen LogP contribution is 2.22. The molecule has 0 aliphatic heterocycles. The first kappa shape index (κ1) is 19.7. The fourth-order valence-electron chi connectivity index (χ4n) is 3.60. The molecule has 3 N–H and O–H groups in total. The molecule has 0 fully saturated rings. The number of carbonyl (C=O) groups excluding carboxylic acids is 1. The standard InChI is InChI=1S/C24H24N4O2/c1-16(24(29)28-20-6-8-23-18(13-20)9-11-30-23)26-10-3-2-4-19-15-27-22-7-5-17(14-25)12-21(19)22/h5-9,11-13,15-16,26-27H,2-4,10H2,1H3,(H,28,29)/t16-/m1/s1. The Morgan fingerprint density at radius 1 is 1.20 bits per heavy atom. The van der Waals surface area contributed by atoms with Crippen LogP contribution in [0.4, 0.5) is 5.69 Å². The first-order chi connectivity index (χ1) is 14.6. The molecular formula is C24H24N4O2. The van der Waals surface area contributed by atoms with Gasteiger partial charge in [-0.25, -0.2) is 0 Å². The number of anilines is 1. The van der Waals surface area contributed by atoms with Crippen LogP contribution < -0.4 is 10.6 Å². The van der Waals surface area contributed by atoms with Gasteiger partial charge in [0, 0.05) is 28.2 Å². The van der Waals surface area contributed by atoms with Gasteiger partial charge in [-0.05, 0) is 80.8 Å². The van der Waals surface area contributed by atoms with E-state index < -0.39 is 0 Å². The Morgan fingerprint density at radius 3 is 2.97 bits per heavy atom. The van der Waals surface area contributed by atoms with Gasteiger partial charge in [0.1, 0.15) is 5.58 Å². The molecular weight excluding hydrogens is 376 g/mol. The van der Waals surface area contributed by atoms with Crippen LogP contribution in [0.1, 0.15) is 30.9 Å². The second-order valence-corrected chi connectivity index (χ2v) is 7.48. The largest absolute Gasteiger partial charge is 0.464 e. The van der Waals surface area contributed by atoms with E-state index in [0.717, 1.165) is 53.4 Å². The van der Waals surface area contributed by atoms with Crippen molar-refractivity contribution in [2.45, 2.75) is 32.2 Å². The number of furan rings is 1. The summed E-state index contributed by atoms with van der Waals surface area (Å²) in [6, 6.07) is 15.1. The Hall–Kier alpha value is -3.56. The molecule has 2 aromatic carbocycles. The average Bonchev–Trinajstić information content (AvgIpc) is 3.39. The minimum absolute atomic E-state index is 0.0569. The fraction of sp³-hybridized carbons (Fsp3) is 0.250. The summed E-state index contributed by atoms with van der Waals surface area (Å²) in [5.74, 6) is -0.0569. The van der Waals surface area contributed by atoms with Crippen molar-refractivity contribution in [3.63, 3.8) is 0 Å². The number of unbranched alkanes of at least 4 members (excludes halogenated alkanes) is 1. The van der Waals surface area contributed by atoms with Crippen molar-refractivity contribution in [1.82, 2.24) is 10.3 Å². The van der Waals surface area contributed by atoms with Crippen molar-refractivity contribution < 1.29 is 9.21 Å². The van der Waals surface area contributed by atoms with Crippen LogP contribution in [0.2, 0.25) is 0 Å². The number of rotatable bonds is 8. The number of benzene rings is 2. The molecule has 0 unspecified atom stereocenters. The maximum absolute atomic E-state index is 12.4. The molecule has 0 bridgehead atoms. The minimum Gasteiger partial charge on any atom is -0.464 e. The Kier molecular flexibility index (Phi) is 5.82. The van der Waals surface area contributed by atoms with Crippen molar-refractivity contribution in [1.29, 1.82) is 5.26 Å². The number of carbonyl (C=O) groups is 1. The predicted octanol–water partition coefficient (Wildman–Crippen LogP) is 4.73. The molecule has 152 valence electrons. The number of amides is 1. The van der Waals surface area contributed by atoms with Crippen molar-refractivity contribution in [2.24, 2.45) is 0 Å². The Labute approximate surface area is 174 Å². The topological polar surface area (TPSA) is 93.9 Å². The van der Waals surface area contributed by atoms with E-state index in [4.69, 9.17) is 9.68 Å². The van der Waals surface area contributed by atoms with E-state index in [9.17, 15) is 4.79 Å². The van der Waals surface area contributed by atoms with Crippen molar-refractivity contribution in [3.05, 3.63) is 66.1 Å². The lowest BCUT2D eigenvalue weighted by Gasteiger charge is -2.14. The number of nitrogens with zero attached hydrogens (tertiary/aromatic N) is 1. The lowest BCUT2D eigenvalue weighted by molar-refractivity contribution is -0.117. The number of nitriles is 1. The summed E-state index contributed by atoms with van der Waals surface area (Å²) in [6.07, 6.45) is 6.55. The van der Waals surface area contributed by atoms with E-state index >= 15 is 0 Å². The number of hydrogen-bond donors (Lipinski definition) is 3. The number of nitrogens with one attached hydrogen (secondary N) is 3. The maximum atomic E-state index is 12.4. The van der Waals surface area contributed by atoms with Gasteiger partial charge in [-0.2, -0.15) is 5.26 Å². The van der Waals surface area contributed by atoms with Gasteiger partial charge >= 0.3 is 0 Å². The van der Waals surface area contributed by atoms with E-state index in [1.54, 1.807) is 6.26 Å². The Morgan fingerprint density at radius 2 is 2.10 bits per heavy atom. The number of hydrogen-bond acceptors (Lipinski definition) is 4. The quantitative estimate of drug-likeness (QED) is 0.373. The smallest absolute Gasteiger partial charge is 0.241 e. The molecule has 30 heavy (non-hydrogen) atoms. The van der Waals surface area contributed by atoms with Crippen LogP contribution in [0.15, 0.2) is 59.3 Å². The molecule has 6 heteroatoms. The lowest BCUT2D eigenvalue weighted by atomic mass is 10.1. The summed E-state index contributed by atoms with van der Waals surface area (Å²) in [5, 5.41) is 17.4. The molecule has 1 atom stereocenters. The van der Waals surface area contributed by atoms with Crippen LogP contribution in [-0.2, 0) is 11.2 Å². The Bertz CT molecular complexity index is 1210. The predicted molar refractivity (Wildman–Crippen MR) is 118 cm³/mol. The van der Waals surface area contributed by atoms with Crippen molar-refractivity contribution in [3.8, 4) is 6.07 Å². The number of aryl methyl sites for hydroxylation is 1. The summed E-state index contributed by atoms with van der Waals surface area (Å²) in [7, 11) is 0. The lowest BCUT2D eigenvalue weighted by Crippen LogP contribution is -2.38. The van der Waals surface area contributed by atoms with E-state index in [0.29, 0.717) is 5.56 Å². The minimum atomic E-state index is -0.281. The van der Waals surface area contributed by atoms with Crippen LogP contribution in [0.5, 0.6) is 0 Å². The van der Waals surface area contributed by atoms with Gasteiger partial charge in [0.2, 0.25) is 5.91 Å². The molecule has 0 aliphatic carbocycles. The van der Waals surface area contributed by atoms with Crippen LogP contribution in [0, 0.1) is 11.3 Å². The third-order valence-electron chi connectivity index (χ3n) is 5.33. The maximum Gasteiger partial charge on any atom is 0.241 e. The Balaban J connectivity index is 1.22. The molecule has 4 rings (SSSR count). The van der Waals surface area contributed by atoms with Crippen LogP contribution >= 0.6 is 0 Å². The second-order valence-electron chi connectivity index (χ2n) is 7.48. The van der Waals surface area contributed by atoms with E-state index in [-0.39, 0.29) is 11.9 Å². The van der Waals surface area contributed by atoms with Gasteiger partial charge in [-0.3, -0.25) is 4.79 Å². The highest BCUT2D eigenvalue weighted by Gasteiger charge is 2.12. The summed E-state index contributed by atoms with van der Waals surface area (Å²) in [6.45, 7) is 2.63. The van der Waals surface area contributed by atoms with Gasteiger partial charge < -0.3 is 20.0 Å². The fourth-order valence-corrected chi connectivity index (χ4v) is 3.60. The summed E-state index contributed by atoms with van der Waals surface area (Å²) in [4.78, 5) is 15.7. The normalized spacial score (nSPS) is 12.1. The third kappa shape index (κ3) is 4.37. The first-order valence-electron chi connectivity index (χ1n) is 10.2. The van der Waals surface area contributed by atoms with Gasteiger partial charge in [-0.1, -0.05) is 0 Å². The number of aromatic nitrogens is 1. The van der Waals surface area contributed by atoms with E-state index in [1.807, 2.05) is 55.6 Å². The van der Waals surface area contributed by atoms with E-state index in [2.05, 4.69) is 21.7 Å². The average molecular weight is 400 g/mol. The molecule has 0 spiro atoms. The van der Waals surface area contributed by atoms with Crippen molar-refractivity contribution in [2.75, 3.05) is 11.9 Å². The first-order valence-corrected chi connectivity index (χ1v) is 10.2. The third-order valence-corrected chi connectivity index (χ3v) is 5.33.